The van der Waals surface area contributed by atoms with E-state index in [-0.39, 0.29) is 11.8 Å². The van der Waals surface area contributed by atoms with E-state index in [1.165, 1.54) is 27.6 Å². The summed E-state index contributed by atoms with van der Waals surface area (Å²) < 4.78 is 2.17. The van der Waals surface area contributed by atoms with Crippen LogP contribution < -0.4 is 5.32 Å². The number of piperidine rings is 1. The number of amides is 1. The molecule has 2 aromatic carbocycles. The molecular weight excluding hydrogens is 444 g/mol. The molecule has 1 amide bonds. The number of nitrogens with zero attached hydrogens (tertiary/aromatic N) is 3. The molecule has 5 rings (SSSR count). The van der Waals surface area contributed by atoms with Gasteiger partial charge in [-0.3, -0.25) is 14.6 Å². The number of nitrogens with one attached hydrogen (secondary N) is 1. The number of carbonyl (C=O) groups is 1. The Hall–Kier alpha value is -2.34. The largest absolute Gasteiger partial charge is 0.356 e. The molecule has 0 radical (unpaired) electrons. The van der Waals surface area contributed by atoms with Crippen LogP contribution in [0.25, 0.3) is 10.9 Å². The van der Waals surface area contributed by atoms with E-state index in [2.05, 4.69) is 69.3 Å². The minimum atomic E-state index is 0.139. The summed E-state index contributed by atoms with van der Waals surface area (Å²) in [5.74, 6) is 0.376. The van der Waals surface area contributed by atoms with Crippen LogP contribution in [0, 0.1) is 5.92 Å². The molecule has 2 aliphatic rings. The average molecular weight is 479 g/mol. The van der Waals surface area contributed by atoms with Crippen LogP contribution >= 0.6 is 11.6 Å². The van der Waals surface area contributed by atoms with Gasteiger partial charge in [-0.2, -0.15) is 0 Å². The predicted octanol–water partition coefficient (Wildman–Crippen LogP) is 4.61. The molecule has 1 saturated heterocycles. The molecule has 5 nitrogen and oxygen atoms in total. The van der Waals surface area contributed by atoms with Crippen LogP contribution in [0.4, 0.5) is 0 Å². The SMILES string of the molecule is Cn1cc(CN2CCC(C(=O)NCCCN3CCc4ccccc4C3)CC2)c2cc(Cl)ccc21. The molecule has 34 heavy (non-hydrogen) atoms. The molecule has 3 heterocycles. The lowest BCUT2D eigenvalue weighted by Crippen LogP contribution is -2.41. The maximum Gasteiger partial charge on any atom is 0.223 e. The van der Waals surface area contributed by atoms with Crippen molar-refractivity contribution in [3.8, 4) is 0 Å². The van der Waals surface area contributed by atoms with Gasteiger partial charge >= 0.3 is 0 Å². The maximum atomic E-state index is 12.7. The maximum absolute atomic E-state index is 12.7. The first-order valence-electron chi connectivity index (χ1n) is 12.6. The van der Waals surface area contributed by atoms with E-state index in [0.717, 1.165) is 76.5 Å². The first-order valence-corrected chi connectivity index (χ1v) is 13.0. The number of likely N-dealkylation sites (tertiary alicyclic amines) is 1. The fourth-order valence-corrected chi connectivity index (χ4v) is 5.74. The molecule has 0 unspecified atom stereocenters. The van der Waals surface area contributed by atoms with Crippen molar-refractivity contribution in [3.63, 3.8) is 0 Å². The van der Waals surface area contributed by atoms with Crippen molar-refractivity contribution in [1.82, 2.24) is 19.7 Å². The van der Waals surface area contributed by atoms with Crippen LogP contribution in [0.15, 0.2) is 48.7 Å². The molecule has 0 spiro atoms. The standard InChI is InChI=1S/C28H35ClN4O/c1-31-18-24(26-17-25(29)7-8-27(26)31)20-33-15-10-22(11-16-33)28(34)30-12-4-13-32-14-9-21-5-2-3-6-23(21)19-32/h2-3,5-8,17-18,22H,4,9-16,19-20H2,1H3,(H,30,34). The van der Waals surface area contributed by atoms with Crippen molar-refractivity contribution in [2.24, 2.45) is 13.0 Å². The van der Waals surface area contributed by atoms with Crippen LogP contribution in [0.1, 0.15) is 36.0 Å². The zero-order valence-corrected chi connectivity index (χ0v) is 20.9. The molecule has 1 N–H and O–H groups in total. The van der Waals surface area contributed by atoms with E-state index < -0.39 is 0 Å². The zero-order valence-electron chi connectivity index (χ0n) is 20.1. The molecule has 0 aliphatic carbocycles. The summed E-state index contributed by atoms with van der Waals surface area (Å²) in [6.07, 6.45) is 6.21. The Kier molecular flexibility index (Phi) is 7.23. The summed E-state index contributed by atoms with van der Waals surface area (Å²) in [6, 6.07) is 14.8. The fourth-order valence-electron chi connectivity index (χ4n) is 5.57. The van der Waals surface area contributed by atoms with Gasteiger partial charge in [-0.15, -0.1) is 0 Å². The quantitative estimate of drug-likeness (QED) is 0.504. The third kappa shape index (κ3) is 5.32. The molecule has 3 aromatic rings. The first kappa shape index (κ1) is 23.4. The van der Waals surface area contributed by atoms with Crippen molar-refractivity contribution in [2.45, 2.75) is 38.8 Å². The summed E-state index contributed by atoms with van der Waals surface area (Å²) in [7, 11) is 2.08. The highest BCUT2D eigenvalue weighted by Gasteiger charge is 2.25. The second kappa shape index (κ2) is 10.5. The minimum Gasteiger partial charge on any atom is -0.356 e. The normalized spacial score (nSPS) is 17.7. The summed E-state index contributed by atoms with van der Waals surface area (Å²) in [5.41, 5.74) is 5.46. The van der Waals surface area contributed by atoms with Crippen LogP contribution in [-0.2, 0) is 31.4 Å². The molecule has 1 fully saturated rings. The van der Waals surface area contributed by atoms with E-state index in [4.69, 9.17) is 11.6 Å². The Morgan fingerprint density at radius 3 is 2.68 bits per heavy atom. The molecule has 2 aliphatic heterocycles. The van der Waals surface area contributed by atoms with E-state index in [9.17, 15) is 4.79 Å². The predicted molar refractivity (Wildman–Crippen MR) is 139 cm³/mol. The highest BCUT2D eigenvalue weighted by atomic mass is 35.5. The lowest BCUT2D eigenvalue weighted by Gasteiger charge is -2.31. The van der Waals surface area contributed by atoms with Crippen molar-refractivity contribution in [3.05, 3.63) is 70.4 Å². The van der Waals surface area contributed by atoms with Crippen LogP contribution in [0.2, 0.25) is 5.02 Å². The van der Waals surface area contributed by atoms with E-state index in [1.807, 2.05) is 6.07 Å². The second-order valence-electron chi connectivity index (χ2n) is 9.92. The van der Waals surface area contributed by atoms with Crippen molar-refractivity contribution in [2.75, 3.05) is 32.7 Å². The van der Waals surface area contributed by atoms with Gasteiger partial charge in [0.2, 0.25) is 5.91 Å². The number of carbonyl (C=O) groups excluding carboxylic acids is 1. The van der Waals surface area contributed by atoms with E-state index in [0.29, 0.717) is 0 Å². The number of hydrogen-bond acceptors (Lipinski definition) is 3. The van der Waals surface area contributed by atoms with Crippen LogP contribution in [-0.4, -0.2) is 53.0 Å². The van der Waals surface area contributed by atoms with Gasteiger partial charge < -0.3 is 9.88 Å². The highest BCUT2D eigenvalue weighted by molar-refractivity contribution is 6.31. The van der Waals surface area contributed by atoms with Crippen molar-refractivity contribution >= 4 is 28.4 Å². The Bertz CT molecular complexity index is 1150. The van der Waals surface area contributed by atoms with Gasteiger partial charge in [0.1, 0.15) is 0 Å². The van der Waals surface area contributed by atoms with E-state index in [1.54, 1.807) is 0 Å². The van der Waals surface area contributed by atoms with Gasteiger partial charge in [-0.05, 0) is 73.7 Å². The monoisotopic (exact) mass is 478 g/mol. The van der Waals surface area contributed by atoms with Gasteiger partial charge in [0.05, 0.1) is 0 Å². The summed E-state index contributed by atoms with van der Waals surface area (Å²) in [4.78, 5) is 17.7. The fraction of sp³-hybridized carbons (Fsp3) is 0.464. The molecule has 0 atom stereocenters. The highest BCUT2D eigenvalue weighted by Crippen LogP contribution is 2.27. The molecule has 180 valence electrons. The summed E-state index contributed by atoms with van der Waals surface area (Å²) in [6.45, 7) is 6.79. The van der Waals surface area contributed by atoms with Gasteiger partial charge in [0, 0.05) is 67.8 Å². The number of rotatable bonds is 7. The third-order valence-corrected chi connectivity index (χ3v) is 7.78. The van der Waals surface area contributed by atoms with Crippen molar-refractivity contribution < 1.29 is 4.79 Å². The number of hydrogen-bond donors (Lipinski definition) is 1. The smallest absolute Gasteiger partial charge is 0.223 e. The molecule has 0 bridgehead atoms. The number of aryl methyl sites for hydroxylation is 1. The Morgan fingerprint density at radius 1 is 1.06 bits per heavy atom. The van der Waals surface area contributed by atoms with Gasteiger partial charge in [-0.1, -0.05) is 35.9 Å². The minimum absolute atomic E-state index is 0.139. The Morgan fingerprint density at radius 2 is 1.85 bits per heavy atom. The topological polar surface area (TPSA) is 40.5 Å². The lowest BCUT2D eigenvalue weighted by molar-refractivity contribution is -0.126. The van der Waals surface area contributed by atoms with Gasteiger partial charge in [-0.25, -0.2) is 0 Å². The van der Waals surface area contributed by atoms with Crippen LogP contribution in [0.5, 0.6) is 0 Å². The Balaban J connectivity index is 1.03. The summed E-state index contributed by atoms with van der Waals surface area (Å²) >= 11 is 6.24. The third-order valence-electron chi connectivity index (χ3n) is 7.55. The molecular formula is C28H35ClN4O. The number of aromatic nitrogens is 1. The van der Waals surface area contributed by atoms with E-state index >= 15 is 0 Å². The second-order valence-corrected chi connectivity index (χ2v) is 10.4. The number of benzene rings is 2. The Labute approximate surface area is 207 Å². The van der Waals surface area contributed by atoms with Gasteiger partial charge in [0.25, 0.3) is 0 Å². The zero-order chi connectivity index (χ0) is 23.5. The average Bonchev–Trinajstić information content (AvgIpc) is 3.16. The summed E-state index contributed by atoms with van der Waals surface area (Å²) in [5, 5.41) is 5.21. The molecule has 0 saturated carbocycles. The number of halogens is 1. The lowest BCUT2D eigenvalue weighted by atomic mass is 9.95. The van der Waals surface area contributed by atoms with Crippen LogP contribution in [0.3, 0.4) is 0 Å². The molecule has 1 aromatic heterocycles. The molecule has 6 heteroatoms. The first-order chi connectivity index (χ1) is 16.6. The number of fused-ring (bicyclic) bond motifs is 2. The van der Waals surface area contributed by atoms with Crippen molar-refractivity contribution in [1.29, 1.82) is 0 Å². The van der Waals surface area contributed by atoms with Gasteiger partial charge in [0.15, 0.2) is 0 Å².